The van der Waals surface area contributed by atoms with Gasteiger partial charge in [-0.15, -0.1) is 11.3 Å². The molecule has 0 aliphatic rings. The number of carbonyl (C=O) groups is 1. The molecular weight excluding hydrogens is 313 g/mol. The van der Waals surface area contributed by atoms with Crippen molar-refractivity contribution in [2.24, 2.45) is 0 Å². The van der Waals surface area contributed by atoms with Crippen LogP contribution in [0.15, 0.2) is 42.6 Å². The molecule has 0 saturated carbocycles. The Morgan fingerprint density at radius 1 is 1.13 bits per heavy atom. The number of carbonyl (C=O) groups excluding carboxylic acids is 1. The molecule has 0 saturated heterocycles. The van der Waals surface area contributed by atoms with Crippen molar-refractivity contribution in [1.82, 2.24) is 9.97 Å². The van der Waals surface area contributed by atoms with Gasteiger partial charge in [-0.3, -0.25) is 4.79 Å². The van der Waals surface area contributed by atoms with Crippen LogP contribution < -0.4 is 5.32 Å². The van der Waals surface area contributed by atoms with Crippen molar-refractivity contribution in [2.75, 3.05) is 5.32 Å². The number of nitrogens with one attached hydrogen (secondary N) is 1. The molecule has 0 aliphatic carbocycles. The zero-order chi connectivity index (χ0) is 16.4. The van der Waals surface area contributed by atoms with Gasteiger partial charge in [-0.2, -0.15) is 0 Å². The number of hydrogen-bond donors (Lipinski definition) is 1. The average molecular weight is 327 g/mol. The van der Waals surface area contributed by atoms with Crippen molar-refractivity contribution >= 4 is 23.1 Å². The van der Waals surface area contributed by atoms with Crippen molar-refractivity contribution in [2.45, 2.75) is 13.8 Å². The zero-order valence-electron chi connectivity index (χ0n) is 12.6. The van der Waals surface area contributed by atoms with Gasteiger partial charge < -0.3 is 5.32 Å². The fourth-order valence-electron chi connectivity index (χ4n) is 2.04. The lowest BCUT2D eigenvalue weighted by Crippen LogP contribution is -2.12. The van der Waals surface area contributed by atoms with Crippen LogP contribution in [0.3, 0.4) is 0 Å². The molecule has 23 heavy (non-hydrogen) atoms. The van der Waals surface area contributed by atoms with Gasteiger partial charge >= 0.3 is 0 Å². The number of aromatic nitrogens is 2. The summed E-state index contributed by atoms with van der Waals surface area (Å²) in [7, 11) is 0. The number of anilines is 1. The predicted molar refractivity (Wildman–Crippen MR) is 89.2 cm³/mol. The standard InChI is InChI=1S/C17H14FN3OS/c1-10-3-8-14(19-9-10)21-16(22)15-11(2)20-17(23-15)12-4-6-13(18)7-5-12/h3-9H,1-2H3,(H,19,21,22). The van der Waals surface area contributed by atoms with Crippen LogP contribution in [0.5, 0.6) is 0 Å². The number of aryl methyl sites for hydroxylation is 2. The second kappa shape index (κ2) is 6.26. The van der Waals surface area contributed by atoms with Crippen LogP contribution in [0.2, 0.25) is 0 Å². The molecule has 116 valence electrons. The van der Waals surface area contributed by atoms with Crippen molar-refractivity contribution in [3.05, 3.63) is 64.5 Å². The summed E-state index contributed by atoms with van der Waals surface area (Å²) in [5, 5.41) is 3.45. The molecule has 0 radical (unpaired) electrons. The van der Waals surface area contributed by atoms with Gasteiger partial charge in [0.25, 0.3) is 5.91 Å². The summed E-state index contributed by atoms with van der Waals surface area (Å²) < 4.78 is 13.0. The Labute approximate surface area is 137 Å². The highest BCUT2D eigenvalue weighted by Gasteiger charge is 2.16. The van der Waals surface area contributed by atoms with Crippen LogP contribution in [0, 0.1) is 19.7 Å². The molecule has 0 unspecified atom stereocenters. The maximum atomic E-state index is 13.0. The maximum Gasteiger partial charge on any atom is 0.268 e. The largest absolute Gasteiger partial charge is 0.306 e. The van der Waals surface area contributed by atoms with Crippen molar-refractivity contribution < 1.29 is 9.18 Å². The Hall–Kier alpha value is -2.60. The molecule has 0 bridgehead atoms. The third-order valence-electron chi connectivity index (χ3n) is 3.25. The summed E-state index contributed by atoms with van der Waals surface area (Å²) in [6, 6.07) is 9.69. The number of thiazole rings is 1. The number of halogens is 1. The number of amides is 1. The summed E-state index contributed by atoms with van der Waals surface area (Å²) in [5.41, 5.74) is 2.45. The van der Waals surface area contributed by atoms with E-state index in [9.17, 15) is 9.18 Å². The first-order valence-corrected chi connectivity index (χ1v) is 7.82. The highest BCUT2D eigenvalue weighted by atomic mass is 32.1. The third kappa shape index (κ3) is 3.43. The van der Waals surface area contributed by atoms with Crippen LogP contribution in [0.1, 0.15) is 20.9 Å². The van der Waals surface area contributed by atoms with Crippen LogP contribution in [-0.4, -0.2) is 15.9 Å². The Morgan fingerprint density at radius 3 is 2.52 bits per heavy atom. The highest BCUT2D eigenvalue weighted by Crippen LogP contribution is 2.28. The molecule has 0 aliphatic heterocycles. The highest BCUT2D eigenvalue weighted by molar-refractivity contribution is 7.17. The average Bonchev–Trinajstić information content (AvgIpc) is 2.92. The summed E-state index contributed by atoms with van der Waals surface area (Å²) >= 11 is 1.28. The molecule has 3 aromatic rings. The minimum atomic E-state index is -0.301. The molecule has 1 amide bonds. The normalized spacial score (nSPS) is 10.6. The molecule has 0 fully saturated rings. The molecule has 2 aromatic heterocycles. The lowest BCUT2D eigenvalue weighted by Gasteiger charge is -2.03. The lowest BCUT2D eigenvalue weighted by atomic mass is 10.2. The maximum absolute atomic E-state index is 13.0. The second-order valence-electron chi connectivity index (χ2n) is 5.12. The molecule has 4 nitrogen and oxygen atoms in total. The molecular formula is C17H14FN3OS. The smallest absolute Gasteiger partial charge is 0.268 e. The monoisotopic (exact) mass is 327 g/mol. The van der Waals surface area contributed by atoms with Gasteiger partial charge in [0.2, 0.25) is 0 Å². The van der Waals surface area contributed by atoms with Crippen LogP contribution in [0.25, 0.3) is 10.6 Å². The zero-order valence-corrected chi connectivity index (χ0v) is 13.4. The first-order valence-electron chi connectivity index (χ1n) is 7.00. The SMILES string of the molecule is Cc1ccc(NC(=O)c2sc(-c3ccc(F)cc3)nc2C)nc1. The van der Waals surface area contributed by atoms with Crippen molar-refractivity contribution in [3.63, 3.8) is 0 Å². The first kappa shape index (κ1) is 15.3. The van der Waals surface area contributed by atoms with Crippen molar-refractivity contribution in [1.29, 1.82) is 0 Å². The second-order valence-corrected chi connectivity index (χ2v) is 6.11. The van der Waals surface area contributed by atoms with E-state index in [0.717, 1.165) is 11.1 Å². The summed E-state index contributed by atoms with van der Waals surface area (Å²) in [6.07, 6.45) is 1.69. The Balaban J connectivity index is 1.84. The Bertz CT molecular complexity index is 841. The van der Waals surface area contributed by atoms with Gasteiger partial charge in [0, 0.05) is 11.8 Å². The quantitative estimate of drug-likeness (QED) is 0.784. The summed E-state index contributed by atoms with van der Waals surface area (Å²) in [6.45, 7) is 3.71. The van der Waals surface area contributed by atoms with E-state index < -0.39 is 0 Å². The number of hydrogen-bond acceptors (Lipinski definition) is 4. The van der Waals surface area contributed by atoms with E-state index in [1.165, 1.54) is 23.5 Å². The fourth-order valence-corrected chi connectivity index (χ4v) is 3.00. The fraction of sp³-hybridized carbons (Fsp3) is 0.118. The third-order valence-corrected chi connectivity index (χ3v) is 4.45. The lowest BCUT2D eigenvalue weighted by molar-refractivity contribution is 0.102. The minimum Gasteiger partial charge on any atom is -0.306 e. The Morgan fingerprint density at radius 2 is 1.87 bits per heavy atom. The van der Waals surface area contributed by atoms with E-state index in [4.69, 9.17) is 0 Å². The molecule has 0 spiro atoms. The topological polar surface area (TPSA) is 54.9 Å². The van der Waals surface area contributed by atoms with E-state index in [1.54, 1.807) is 31.3 Å². The molecule has 3 rings (SSSR count). The molecule has 2 heterocycles. The van der Waals surface area contributed by atoms with E-state index in [0.29, 0.717) is 21.4 Å². The van der Waals surface area contributed by atoms with Gasteiger partial charge in [0.1, 0.15) is 21.5 Å². The summed E-state index contributed by atoms with van der Waals surface area (Å²) in [4.78, 5) is 21.5. The molecule has 6 heteroatoms. The van der Waals surface area contributed by atoms with Crippen LogP contribution in [0.4, 0.5) is 10.2 Å². The predicted octanol–water partition coefficient (Wildman–Crippen LogP) is 4.21. The van der Waals surface area contributed by atoms with Crippen LogP contribution >= 0.6 is 11.3 Å². The van der Waals surface area contributed by atoms with E-state index in [2.05, 4.69) is 15.3 Å². The number of benzene rings is 1. The van der Waals surface area contributed by atoms with Crippen LogP contribution in [-0.2, 0) is 0 Å². The Kier molecular flexibility index (Phi) is 4.16. The number of pyridine rings is 1. The number of rotatable bonds is 3. The van der Waals surface area contributed by atoms with E-state index >= 15 is 0 Å². The number of nitrogens with zero attached hydrogens (tertiary/aromatic N) is 2. The first-order chi connectivity index (χ1) is 11.0. The molecule has 1 N–H and O–H groups in total. The van der Waals surface area contributed by atoms with E-state index in [1.807, 2.05) is 13.0 Å². The van der Waals surface area contributed by atoms with Crippen molar-refractivity contribution in [3.8, 4) is 10.6 Å². The van der Waals surface area contributed by atoms with Gasteiger partial charge in [0.15, 0.2) is 0 Å². The van der Waals surface area contributed by atoms with Gasteiger partial charge in [-0.05, 0) is 49.7 Å². The minimum absolute atomic E-state index is 0.246. The van der Waals surface area contributed by atoms with Gasteiger partial charge in [-0.1, -0.05) is 6.07 Å². The van der Waals surface area contributed by atoms with E-state index in [-0.39, 0.29) is 11.7 Å². The van der Waals surface area contributed by atoms with Gasteiger partial charge in [-0.25, -0.2) is 14.4 Å². The summed E-state index contributed by atoms with van der Waals surface area (Å²) in [5.74, 6) is -0.0492. The molecule has 0 atom stereocenters. The van der Waals surface area contributed by atoms with Gasteiger partial charge in [0.05, 0.1) is 5.69 Å². The molecule has 1 aromatic carbocycles.